The first-order valence-corrected chi connectivity index (χ1v) is 10.5. The van der Waals surface area contributed by atoms with Crippen LogP contribution < -0.4 is 5.32 Å². The Kier molecular flexibility index (Phi) is 7.41. The third kappa shape index (κ3) is 5.49. The Labute approximate surface area is 183 Å². The number of imidazole rings is 1. The summed E-state index contributed by atoms with van der Waals surface area (Å²) in [6.07, 6.45) is 0. The summed E-state index contributed by atoms with van der Waals surface area (Å²) < 4.78 is 6.81. The molecule has 2 aromatic carbocycles. The van der Waals surface area contributed by atoms with Gasteiger partial charge in [0, 0.05) is 19.7 Å². The molecule has 1 aromatic heterocycles. The first-order valence-electron chi connectivity index (χ1n) is 10.5. The van der Waals surface area contributed by atoms with Crippen molar-refractivity contribution in [1.29, 1.82) is 0 Å². The second kappa shape index (κ2) is 10.2. The van der Waals surface area contributed by atoms with Gasteiger partial charge < -0.3 is 19.5 Å². The van der Waals surface area contributed by atoms with E-state index in [-0.39, 0.29) is 37.0 Å². The van der Waals surface area contributed by atoms with Crippen molar-refractivity contribution in [2.75, 3.05) is 13.7 Å². The molecule has 1 atom stereocenters. The van der Waals surface area contributed by atoms with Crippen LogP contribution in [0.4, 0.5) is 0 Å². The van der Waals surface area contributed by atoms with Gasteiger partial charge in [0.15, 0.2) is 0 Å². The summed E-state index contributed by atoms with van der Waals surface area (Å²) in [5.41, 5.74) is 2.74. The lowest BCUT2D eigenvalue weighted by atomic mass is 10.2. The third-order valence-corrected chi connectivity index (χ3v) is 5.16. The average molecular weight is 423 g/mol. The van der Waals surface area contributed by atoms with Crippen molar-refractivity contribution in [3.63, 3.8) is 0 Å². The molecule has 0 radical (unpaired) electrons. The number of carbonyl (C=O) groups excluding carboxylic acids is 2. The monoisotopic (exact) mass is 422 g/mol. The Bertz CT molecular complexity index is 1030. The highest BCUT2D eigenvalue weighted by atomic mass is 16.5. The molecule has 3 rings (SSSR count). The molecule has 0 aliphatic rings. The Morgan fingerprint density at radius 3 is 2.42 bits per heavy atom. The van der Waals surface area contributed by atoms with Crippen LogP contribution >= 0.6 is 0 Å². The van der Waals surface area contributed by atoms with Crippen molar-refractivity contribution < 1.29 is 14.3 Å². The van der Waals surface area contributed by atoms with Crippen LogP contribution in [0.25, 0.3) is 11.0 Å². The van der Waals surface area contributed by atoms with E-state index >= 15 is 0 Å². The molecule has 0 aliphatic heterocycles. The zero-order valence-corrected chi connectivity index (χ0v) is 18.5. The summed E-state index contributed by atoms with van der Waals surface area (Å²) >= 11 is 0. The molecule has 7 heteroatoms. The number of methoxy groups -OCH3 is 1. The largest absolute Gasteiger partial charge is 0.375 e. The lowest BCUT2D eigenvalue weighted by molar-refractivity contribution is -0.134. The summed E-state index contributed by atoms with van der Waals surface area (Å²) in [6, 6.07) is 17.3. The molecule has 2 amide bonds. The fourth-order valence-corrected chi connectivity index (χ4v) is 3.63. The van der Waals surface area contributed by atoms with E-state index in [1.54, 1.807) is 0 Å². The van der Waals surface area contributed by atoms with Crippen molar-refractivity contribution >= 4 is 22.8 Å². The average Bonchev–Trinajstić information content (AvgIpc) is 3.11. The highest BCUT2D eigenvalue weighted by molar-refractivity contribution is 5.82. The summed E-state index contributed by atoms with van der Waals surface area (Å²) in [5.74, 6) is 0.411. The number of aromatic nitrogens is 2. The number of hydrogen-bond acceptors (Lipinski definition) is 4. The number of ether oxygens (including phenoxy) is 1. The summed E-state index contributed by atoms with van der Waals surface area (Å²) in [5, 5.41) is 2.89. The van der Waals surface area contributed by atoms with Gasteiger partial charge in [-0.1, -0.05) is 42.5 Å². The highest BCUT2D eigenvalue weighted by Gasteiger charge is 2.23. The van der Waals surface area contributed by atoms with Gasteiger partial charge in [-0.25, -0.2) is 4.98 Å². The molecule has 0 saturated heterocycles. The van der Waals surface area contributed by atoms with Crippen LogP contribution in [0.5, 0.6) is 0 Å². The maximum absolute atomic E-state index is 13.4. The SMILES string of the molecule is COCC(=O)NC(C)c1nc2ccccc2n1CC(=O)N(Cc1ccccc1)C(C)C. The van der Waals surface area contributed by atoms with E-state index in [0.717, 1.165) is 16.6 Å². The van der Waals surface area contributed by atoms with E-state index in [0.29, 0.717) is 12.4 Å². The summed E-state index contributed by atoms with van der Waals surface area (Å²) in [4.78, 5) is 32.0. The van der Waals surface area contributed by atoms with Gasteiger partial charge in [0.1, 0.15) is 19.0 Å². The van der Waals surface area contributed by atoms with Crippen LogP contribution in [0.2, 0.25) is 0 Å². The fraction of sp³-hybridized carbons (Fsp3) is 0.375. The van der Waals surface area contributed by atoms with Gasteiger partial charge in [-0.2, -0.15) is 0 Å². The molecule has 164 valence electrons. The molecular formula is C24H30N4O3. The van der Waals surface area contributed by atoms with E-state index in [2.05, 4.69) is 5.32 Å². The molecule has 0 bridgehead atoms. The van der Waals surface area contributed by atoms with E-state index < -0.39 is 0 Å². The minimum atomic E-state index is -0.371. The molecular weight excluding hydrogens is 392 g/mol. The van der Waals surface area contributed by atoms with Crippen LogP contribution in [0.15, 0.2) is 54.6 Å². The zero-order valence-electron chi connectivity index (χ0n) is 18.5. The molecule has 1 unspecified atom stereocenters. The molecule has 1 N–H and O–H groups in total. The predicted molar refractivity (Wildman–Crippen MR) is 120 cm³/mol. The van der Waals surface area contributed by atoms with E-state index in [9.17, 15) is 9.59 Å². The minimum Gasteiger partial charge on any atom is -0.375 e. The molecule has 7 nitrogen and oxygen atoms in total. The Balaban J connectivity index is 1.89. The van der Waals surface area contributed by atoms with Gasteiger partial charge in [-0.3, -0.25) is 9.59 Å². The van der Waals surface area contributed by atoms with Crippen molar-refractivity contribution in [2.24, 2.45) is 0 Å². The van der Waals surface area contributed by atoms with Crippen molar-refractivity contribution in [3.8, 4) is 0 Å². The summed E-state index contributed by atoms with van der Waals surface area (Å²) in [6.45, 7) is 6.55. The summed E-state index contributed by atoms with van der Waals surface area (Å²) in [7, 11) is 1.48. The molecule has 3 aromatic rings. The fourth-order valence-electron chi connectivity index (χ4n) is 3.63. The first kappa shape index (κ1) is 22.5. The number of rotatable bonds is 9. The van der Waals surface area contributed by atoms with Gasteiger partial charge in [-0.15, -0.1) is 0 Å². The zero-order chi connectivity index (χ0) is 22.4. The number of fused-ring (bicyclic) bond motifs is 1. The highest BCUT2D eigenvalue weighted by Crippen LogP contribution is 2.22. The maximum Gasteiger partial charge on any atom is 0.246 e. The van der Waals surface area contributed by atoms with Gasteiger partial charge in [0.05, 0.1) is 17.1 Å². The molecule has 31 heavy (non-hydrogen) atoms. The van der Waals surface area contributed by atoms with Crippen LogP contribution in [-0.2, 0) is 27.4 Å². The number of hydrogen-bond donors (Lipinski definition) is 1. The lowest BCUT2D eigenvalue weighted by Gasteiger charge is -2.28. The van der Waals surface area contributed by atoms with Gasteiger partial charge in [0.2, 0.25) is 11.8 Å². The number of nitrogens with zero attached hydrogens (tertiary/aromatic N) is 3. The predicted octanol–water partition coefficient (Wildman–Crippen LogP) is 3.30. The van der Waals surface area contributed by atoms with Gasteiger partial charge in [-0.05, 0) is 38.5 Å². The van der Waals surface area contributed by atoms with Gasteiger partial charge >= 0.3 is 0 Å². The van der Waals surface area contributed by atoms with Gasteiger partial charge in [0.25, 0.3) is 0 Å². The second-order valence-electron chi connectivity index (χ2n) is 7.87. The van der Waals surface area contributed by atoms with Crippen molar-refractivity contribution in [2.45, 2.75) is 45.9 Å². The Morgan fingerprint density at radius 1 is 1.06 bits per heavy atom. The van der Waals surface area contributed by atoms with Crippen LogP contribution in [-0.4, -0.2) is 46.0 Å². The topological polar surface area (TPSA) is 76.5 Å². The first-order chi connectivity index (χ1) is 14.9. The quantitative estimate of drug-likeness (QED) is 0.574. The smallest absolute Gasteiger partial charge is 0.246 e. The molecule has 0 aliphatic carbocycles. The number of nitrogens with one attached hydrogen (secondary N) is 1. The number of para-hydroxylation sites is 2. The number of amides is 2. The number of carbonyl (C=O) groups is 2. The lowest BCUT2D eigenvalue weighted by Crippen LogP contribution is -2.39. The minimum absolute atomic E-state index is 0.00123. The van der Waals surface area contributed by atoms with Crippen LogP contribution in [0.1, 0.15) is 38.2 Å². The van der Waals surface area contributed by atoms with Crippen LogP contribution in [0.3, 0.4) is 0 Å². The maximum atomic E-state index is 13.4. The molecule has 0 spiro atoms. The Morgan fingerprint density at radius 2 is 1.74 bits per heavy atom. The Hall–Kier alpha value is -3.19. The number of benzene rings is 2. The van der Waals surface area contributed by atoms with Crippen molar-refractivity contribution in [1.82, 2.24) is 19.8 Å². The second-order valence-corrected chi connectivity index (χ2v) is 7.87. The van der Waals surface area contributed by atoms with Crippen LogP contribution in [0, 0.1) is 0 Å². The van der Waals surface area contributed by atoms with E-state index in [4.69, 9.17) is 9.72 Å². The third-order valence-electron chi connectivity index (χ3n) is 5.16. The standard InChI is InChI=1S/C24H30N4O3/c1-17(2)27(14-19-10-6-5-7-11-19)23(30)15-28-21-13-9-8-12-20(21)26-24(28)18(3)25-22(29)16-31-4/h5-13,17-18H,14-16H2,1-4H3,(H,25,29). The molecule has 0 fully saturated rings. The van der Waals surface area contributed by atoms with E-state index in [1.165, 1.54) is 7.11 Å². The van der Waals surface area contributed by atoms with Crippen molar-refractivity contribution in [3.05, 3.63) is 66.0 Å². The normalized spacial score (nSPS) is 12.2. The molecule has 1 heterocycles. The molecule has 0 saturated carbocycles. The van der Waals surface area contributed by atoms with E-state index in [1.807, 2.05) is 84.8 Å².